The number of hydrogen-bond donors (Lipinski definition) is 2. The molecular weight excluding hydrogens is 170 g/mol. The molecule has 1 heterocycles. The first-order chi connectivity index (χ1) is 5.85. The molecule has 0 amide bonds. The highest BCUT2D eigenvalue weighted by molar-refractivity contribution is 7.99. The highest BCUT2D eigenvalue weighted by Crippen LogP contribution is 2.44. The van der Waals surface area contributed by atoms with Crippen LogP contribution in [0.4, 0.5) is 0 Å². The minimum atomic E-state index is 0.285. The largest absolute Gasteiger partial charge is 0.396 e. The van der Waals surface area contributed by atoms with E-state index in [0.29, 0.717) is 6.61 Å². The van der Waals surface area contributed by atoms with Gasteiger partial charge in [-0.2, -0.15) is 11.8 Å². The Labute approximate surface area is 78.1 Å². The van der Waals surface area contributed by atoms with Crippen molar-refractivity contribution in [2.45, 2.75) is 25.3 Å². The summed E-state index contributed by atoms with van der Waals surface area (Å²) in [7, 11) is 0. The second-order valence-electron chi connectivity index (χ2n) is 4.10. The third-order valence-corrected chi connectivity index (χ3v) is 4.15. The van der Waals surface area contributed by atoms with Crippen molar-refractivity contribution in [2.24, 2.45) is 5.41 Å². The molecule has 0 aromatic heterocycles. The molecule has 1 saturated carbocycles. The Kier molecular flexibility index (Phi) is 2.63. The highest BCUT2D eigenvalue weighted by Gasteiger charge is 2.41. The molecule has 1 atom stereocenters. The molecule has 1 aliphatic carbocycles. The maximum atomic E-state index is 9.09. The van der Waals surface area contributed by atoms with Crippen LogP contribution in [0.2, 0.25) is 0 Å². The molecule has 2 rings (SSSR count). The van der Waals surface area contributed by atoms with Gasteiger partial charge in [-0.25, -0.2) is 0 Å². The lowest BCUT2D eigenvalue weighted by molar-refractivity contribution is 0.205. The molecule has 0 spiro atoms. The fraction of sp³-hybridized carbons (Fsp3) is 1.00. The molecule has 70 valence electrons. The molecule has 0 aromatic rings. The fourth-order valence-electron chi connectivity index (χ4n) is 1.62. The Morgan fingerprint density at radius 2 is 2.33 bits per heavy atom. The van der Waals surface area contributed by atoms with Crippen LogP contribution in [0.1, 0.15) is 19.3 Å². The second kappa shape index (κ2) is 3.56. The predicted molar refractivity (Wildman–Crippen MR) is 52.5 cm³/mol. The lowest BCUT2D eigenvalue weighted by atomic mass is 10.1. The summed E-state index contributed by atoms with van der Waals surface area (Å²) < 4.78 is 0. The third kappa shape index (κ3) is 1.95. The zero-order valence-corrected chi connectivity index (χ0v) is 8.20. The molecule has 2 aliphatic rings. The van der Waals surface area contributed by atoms with Gasteiger partial charge in [-0.05, 0) is 25.0 Å². The molecule has 1 unspecified atom stereocenters. The van der Waals surface area contributed by atoms with Crippen LogP contribution in [-0.2, 0) is 0 Å². The van der Waals surface area contributed by atoms with Crippen LogP contribution in [0, 0.1) is 5.41 Å². The Morgan fingerprint density at radius 1 is 1.50 bits per heavy atom. The van der Waals surface area contributed by atoms with Crippen LogP contribution in [0.15, 0.2) is 0 Å². The van der Waals surface area contributed by atoms with Crippen LogP contribution in [0.3, 0.4) is 0 Å². The van der Waals surface area contributed by atoms with Gasteiger partial charge in [-0.1, -0.05) is 0 Å². The smallest absolute Gasteiger partial charge is 0.0499 e. The van der Waals surface area contributed by atoms with Gasteiger partial charge >= 0.3 is 0 Å². The van der Waals surface area contributed by atoms with Crippen LogP contribution >= 0.6 is 11.8 Å². The monoisotopic (exact) mass is 187 g/mol. The molecule has 0 radical (unpaired) electrons. The van der Waals surface area contributed by atoms with Gasteiger partial charge in [0.15, 0.2) is 0 Å². The number of aliphatic hydroxyl groups excluding tert-OH is 1. The van der Waals surface area contributed by atoms with Gasteiger partial charge in [0.1, 0.15) is 0 Å². The van der Waals surface area contributed by atoms with Crippen molar-refractivity contribution in [2.75, 3.05) is 24.7 Å². The SMILES string of the molecule is OCC1(CNC2CCSC2)CC1. The topological polar surface area (TPSA) is 32.3 Å². The molecule has 1 saturated heterocycles. The van der Waals surface area contributed by atoms with Gasteiger partial charge in [0.2, 0.25) is 0 Å². The highest BCUT2D eigenvalue weighted by atomic mass is 32.2. The normalized spacial score (nSPS) is 32.2. The van der Waals surface area contributed by atoms with E-state index in [-0.39, 0.29) is 5.41 Å². The summed E-state index contributed by atoms with van der Waals surface area (Å²) in [6.45, 7) is 1.41. The predicted octanol–water partition coefficient (Wildman–Crippen LogP) is 0.854. The van der Waals surface area contributed by atoms with Gasteiger partial charge in [0.05, 0.1) is 0 Å². The van der Waals surface area contributed by atoms with E-state index in [0.717, 1.165) is 12.6 Å². The number of aliphatic hydroxyl groups is 1. The summed E-state index contributed by atoms with van der Waals surface area (Å²) in [4.78, 5) is 0. The van der Waals surface area contributed by atoms with Gasteiger partial charge < -0.3 is 10.4 Å². The van der Waals surface area contributed by atoms with Crippen molar-refractivity contribution in [1.82, 2.24) is 5.32 Å². The summed E-state index contributed by atoms with van der Waals surface area (Å²) in [5.41, 5.74) is 0.285. The zero-order chi connectivity index (χ0) is 8.44. The Balaban J connectivity index is 1.67. The molecule has 3 heteroatoms. The second-order valence-corrected chi connectivity index (χ2v) is 5.25. The maximum Gasteiger partial charge on any atom is 0.0499 e. The van der Waals surface area contributed by atoms with Crippen molar-refractivity contribution >= 4 is 11.8 Å². The van der Waals surface area contributed by atoms with Crippen molar-refractivity contribution < 1.29 is 5.11 Å². The van der Waals surface area contributed by atoms with Crippen molar-refractivity contribution in [3.8, 4) is 0 Å². The van der Waals surface area contributed by atoms with Gasteiger partial charge in [-0.15, -0.1) is 0 Å². The Hall–Kier alpha value is 0.270. The molecular formula is C9H17NOS. The molecule has 1 aliphatic heterocycles. The van der Waals surface area contributed by atoms with Crippen LogP contribution in [0.5, 0.6) is 0 Å². The Morgan fingerprint density at radius 3 is 2.83 bits per heavy atom. The van der Waals surface area contributed by atoms with Crippen molar-refractivity contribution in [3.05, 3.63) is 0 Å². The van der Waals surface area contributed by atoms with Crippen molar-refractivity contribution in [3.63, 3.8) is 0 Å². The summed E-state index contributed by atoms with van der Waals surface area (Å²) in [6, 6.07) is 0.721. The maximum absolute atomic E-state index is 9.09. The summed E-state index contributed by atoms with van der Waals surface area (Å²) in [5.74, 6) is 2.57. The van der Waals surface area contributed by atoms with Gasteiger partial charge in [-0.3, -0.25) is 0 Å². The Bertz CT molecular complexity index is 153. The van der Waals surface area contributed by atoms with Gasteiger partial charge in [0, 0.05) is 30.4 Å². The first-order valence-electron chi connectivity index (χ1n) is 4.77. The fourth-order valence-corrected chi connectivity index (χ4v) is 2.81. The van der Waals surface area contributed by atoms with Crippen LogP contribution in [0.25, 0.3) is 0 Å². The molecule has 0 aromatic carbocycles. The average Bonchev–Trinajstić information content (AvgIpc) is 2.70. The minimum absolute atomic E-state index is 0.285. The zero-order valence-electron chi connectivity index (χ0n) is 7.38. The van der Waals surface area contributed by atoms with E-state index in [2.05, 4.69) is 5.32 Å². The van der Waals surface area contributed by atoms with Crippen LogP contribution in [-0.4, -0.2) is 35.8 Å². The standard InChI is InChI=1S/C9H17NOS/c11-7-9(2-3-9)6-10-8-1-4-12-5-8/h8,10-11H,1-7H2. The van der Waals surface area contributed by atoms with E-state index in [4.69, 9.17) is 5.11 Å². The quantitative estimate of drug-likeness (QED) is 0.684. The first-order valence-corrected chi connectivity index (χ1v) is 5.92. The van der Waals surface area contributed by atoms with E-state index in [1.54, 1.807) is 0 Å². The summed E-state index contributed by atoms with van der Waals surface area (Å²) in [5, 5.41) is 12.6. The van der Waals surface area contributed by atoms with Gasteiger partial charge in [0.25, 0.3) is 0 Å². The lowest BCUT2D eigenvalue weighted by Gasteiger charge is -2.16. The molecule has 2 N–H and O–H groups in total. The molecule has 12 heavy (non-hydrogen) atoms. The van der Waals surface area contributed by atoms with E-state index in [1.165, 1.54) is 30.8 Å². The first kappa shape index (κ1) is 8.85. The van der Waals surface area contributed by atoms with E-state index in [9.17, 15) is 0 Å². The summed E-state index contributed by atoms with van der Waals surface area (Å²) >= 11 is 2.04. The number of rotatable bonds is 4. The van der Waals surface area contributed by atoms with Crippen molar-refractivity contribution in [1.29, 1.82) is 0 Å². The number of thioether (sulfide) groups is 1. The van der Waals surface area contributed by atoms with Crippen LogP contribution < -0.4 is 5.32 Å². The lowest BCUT2D eigenvalue weighted by Crippen LogP contribution is -2.35. The summed E-state index contributed by atoms with van der Waals surface area (Å²) in [6.07, 6.45) is 3.75. The molecule has 2 nitrogen and oxygen atoms in total. The molecule has 0 bridgehead atoms. The molecule has 2 fully saturated rings. The van der Waals surface area contributed by atoms with E-state index >= 15 is 0 Å². The minimum Gasteiger partial charge on any atom is -0.396 e. The number of hydrogen-bond acceptors (Lipinski definition) is 3. The third-order valence-electron chi connectivity index (χ3n) is 2.99. The van der Waals surface area contributed by atoms with E-state index < -0.39 is 0 Å². The van der Waals surface area contributed by atoms with E-state index in [1.807, 2.05) is 11.8 Å². The number of nitrogens with one attached hydrogen (secondary N) is 1. The average molecular weight is 187 g/mol.